The van der Waals surface area contributed by atoms with Crippen LogP contribution in [0.4, 0.5) is 0 Å². The molecule has 3 nitrogen and oxygen atoms in total. The van der Waals surface area contributed by atoms with E-state index in [1.807, 2.05) is 0 Å². The molecule has 3 heteroatoms. The second kappa shape index (κ2) is 3.05. The average molecular weight is 168 g/mol. The van der Waals surface area contributed by atoms with Gasteiger partial charge < -0.3 is 10.6 Å². The van der Waals surface area contributed by atoms with E-state index in [2.05, 4.69) is 17.6 Å². The van der Waals surface area contributed by atoms with E-state index >= 15 is 0 Å². The summed E-state index contributed by atoms with van der Waals surface area (Å²) in [4.78, 5) is 11.5. The van der Waals surface area contributed by atoms with Crippen LogP contribution in [0.2, 0.25) is 0 Å². The van der Waals surface area contributed by atoms with Gasteiger partial charge in [0.1, 0.15) is 0 Å². The van der Waals surface area contributed by atoms with Gasteiger partial charge in [0.25, 0.3) is 0 Å². The zero-order valence-corrected chi connectivity index (χ0v) is 7.47. The molecule has 0 radical (unpaired) electrons. The van der Waals surface area contributed by atoms with Gasteiger partial charge in [0, 0.05) is 12.6 Å². The third kappa shape index (κ3) is 1.61. The van der Waals surface area contributed by atoms with Crippen molar-refractivity contribution in [3.63, 3.8) is 0 Å². The van der Waals surface area contributed by atoms with Crippen molar-refractivity contribution < 1.29 is 4.79 Å². The van der Waals surface area contributed by atoms with Crippen LogP contribution in [0, 0.1) is 11.8 Å². The fourth-order valence-electron chi connectivity index (χ4n) is 1.70. The minimum atomic E-state index is 0.234. The van der Waals surface area contributed by atoms with E-state index < -0.39 is 0 Å². The number of amides is 1. The Balaban J connectivity index is 1.76. The van der Waals surface area contributed by atoms with Crippen molar-refractivity contribution in [2.45, 2.75) is 25.8 Å². The van der Waals surface area contributed by atoms with Crippen molar-refractivity contribution in [2.24, 2.45) is 11.8 Å². The molecular weight excluding hydrogens is 152 g/mol. The molecule has 2 rings (SSSR count). The summed E-state index contributed by atoms with van der Waals surface area (Å²) in [6.07, 6.45) is 2.18. The molecule has 1 aliphatic heterocycles. The van der Waals surface area contributed by atoms with E-state index in [4.69, 9.17) is 0 Å². The maximum absolute atomic E-state index is 11.5. The molecule has 12 heavy (non-hydrogen) atoms. The lowest BCUT2D eigenvalue weighted by molar-refractivity contribution is -0.124. The highest BCUT2D eigenvalue weighted by molar-refractivity contribution is 5.79. The van der Waals surface area contributed by atoms with Gasteiger partial charge in [-0.05, 0) is 25.3 Å². The lowest BCUT2D eigenvalue weighted by Crippen LogP contribution is -2.34. The van der Waals surface area contributed by atoms with Gasteiger partial charge in [-0.2, -0.15) is 0 Å². The van der Waals surface area contributed by atoms with Gasteiger partial charge in [-0.1, -0.05) is 6.92 Å². The standard InChI is InChI=1S/C9H16N2O/c1-6-4-8(6)11-9(12)7-2-3-10-5-7/h6-8,10H,2-5H2,1H3,(H,11,12)/t6?,7-,8?/m1/s1. The Hall–Kier alpha value is -0.570. The second-order valence-corrected chi connectivity index (χ2v) is 4.02. The van der Waals surface area contributed by atoms with Gasteiger partial charge in [0.2, 0.25) is 5.91 Å². The zero-order valence-electron chi connectivity index (χ0n) is 7.47. The average Bonchev–Trinajstić information content (AvgIpc) is 2.58. The molecule has 0 aromatic rings. The van der Waals surface area contributed by atoms with E-state index in [0.29, 0.717) is 12.0 Å². The molecule has 2 fully saturated rings. The smallest absolute Gasteiger partial charge is 0.224 e. The van der Waals surface area contributed by atoms with Crippen molar-refractivity contribution in [2.75, 3.05) is 13.1 Å². The topological polar surface area (TPSA) is 41.1 Å². The minimum absolute atomic E-state index is 0.234. The van der Waals surface area contributed by atoms with Crippen molar-refractivity contribution in [1.29, 1.82) is 0 Å². The van der Waals surface area contributed by atoms with E-state index in [0.717, 1.165) is 19.5 Å². The van der Waals surface area contributed by atoms with Crippen LogP contribution < -0.4 is 10.6 Å². The third-order valence-electron chi connectivity index (χ3n) is 2.87. The normalized spacial score (nSPS) is 39.6. The Labute approximate surface area is 72.9 Å². The predicted molar refractivity (Wildman–Crippen MR) is 46.7 cm³/mol. The summed E-state index contributed by atoms with van der Waals surface area (Å²) in [7, 11) is 0. The van der Waals surface area contributed by atoms with E-state index in [-0.39, 0.29) is 11.8 Å². The van der Waals surface area contributed by atoms with Gasteiger partial charge in [-0.25, -0.2) is 0 Å². The van der Waals surface area contributed by atoms with Crippen LogP contribution in [0.15, 0.2) is 0 Å². The SMILES string of the molecule is CC1CC1NC(=O)[C@@H]1CCNC1. The van der Waals surface area contributed by atoms with Crippen LogP contribution in [0.1, 0.15) is 19.8 Å². The molecule has 1 saturated carbocycles. The molecule has 0 spiro atoms. The third-order valence-corrected chi connectivity index (χ3v) is 2.87. The number of nitrogens with one attached hydrogen (secondary N) is 2. The first-order valence-corrected chi connectivity index (χ1v) is 4.78. The molecule has 0 aromatic heterocycles. The fourth-order valence-corrected chi connectivity index (χ4v) is 1.70. The molecular formula is C9H16N2O. The molecule has 68 valence electrons. The summed E-state index contributed by atoms with van der Waals surface area (Å²) in [5.74, 6) is 1.20. The Morgan fingerprint density at radius 2 is 2.33 bits per heavy atom. The second-order valence-electron chi connectivity index (χ2n) is 4.02. The first-order valence-electron chi connectivity index (χ1n) is 4.78. The Bertz CT molecular complexity index is 187. The lowest BCUT2D eigenvalue weighted by atomic mass is 10.1. The number of hydrogen-bond acceptors (Lipinski definition) is 2. The Kier molecular flexibility index (Phi) is 2.05. The molecule has 1 amide bonds. The molecule has 1 heterocycles. The predicted octanol–water partition coefficient (Wildman–Crippen LogP) is 0.120. The summed E-state index contributed by atoms with van der Waals surface area (Å²) < 4.78 is 0. The monoisotopic (exact) mass is 168 g/mol. The molecule has 1 saturated heterocycles. The van der Waals surface area contributed by atoms with E-state index in [9.17, 15) is 4.79 Å². The first-order chi connectivity index (χ1) is 5.77. The van der Waals surface area contributed by atoms with Crippen LogP contribution >= 0.6 is 0 Å². The molecule has 1 aliphatic carbocycles. The molecule has 0 bridgehead atoms. The summed E-state index contributed by atoms with van der Waals surface area (Å²) in [6.45, 7) is 4.04. The van der Waals surface area contributed by atoms with E-state index in [1.165, 1.54) is 6.42 Å². The minimum Gasteiger partial charge on any atom is -0.353 e. The van der Waals surface area contributed by atoms with Gasteiger partial charge in [0.05, 0.1) is 5.92 Å². The summed E-state index contributed by atoms with van der Waals surface area (Å²) in [6, 6.07) is 0.484. The zero-order chi connectivity index (χ0) is 8.55. The van der Waals surface area contributed by atoms with Crippen LogP contribution in [-0.4, -0.2) is 25.0 Å². The van der Waals surface area contributed by atoms with Crippen LogP contribution in [0.25, 0.3) is 0 Å². The Morgan fingerprint density at radius 1 is 1.58 bits per heavy atom. The summed E-state index contributed by atoms with van der Waals surface area (Å²) >= 11 is 0. The highest BCUT2D eigenvalue weighted by Crippen LogP contribution is 2.29. The number of carbonyl (C=O) groups is 1. The number of carbonyl (C=O) groups excluding carboxylic acids is 1. The maximum Gasteiger partial charge on any atom is 0.224 e. The molecule has 2 N–H and O–H groups in total. The van der Waals surface area contributed by atoms with Gasteiger partial charge in [0.15, 0.2) is 0 Å². The van der Waals surface area contributed by atoms with E-state index in [1.54, 1.807) is 0 Å². The van der Waals surface area contributed by atoms with Crippen LogP contribution in [0.5, 0.6) is 0 Å². The quantitative estimate of drug-likeness (QED) is 0.615. The molecule has 0 aromatic carbocycles. The van der Waals surface area contributed by atoms with Crippen molar-refractivity contribution in [3.8, 4) is 0 Å². The fraction of sp³-hybridized carbons (Fsp3) is 0.889. The summed E-state index contributed by atoms with van der Waals surface area (Å²) in [5, 5.41) is 6.26. The summed E-state index contributed by atoms with van der Waals surface area (Å²) in [5.41, 5.74) is 0. The number of rotatable bonds is 2. The van der Waals surface area contributed by atoms with Crippen LogP contribution in [-0.2, 0) is 4.79 Å². The van der Waals surface area contributed by atoms with Crippen molar-refractivity contribution in [1.82, 2.24) is 10.6 Å². The highest BCUT2D eigenvalue weighted by Gasteiger charge is 2.35. The lowest BCUT2D eigenvalue weighted by Gasteiger charge is -2.08. The molecule has 2 aliphatic rings. The van der Waals surface area contributed by atoms with Crippen molar-refractivity contribution in [3.05, 3.63) is 0 Å². The maximum atomic E-state index is 11.5. The van der Waals surface area contributed by atoms with Crippen molar-refractivity contribution >= 4 is 5.91 Å². The van der Waals surface area contributed by atoms with Gasteiger partial charge in [-0.3, -0.25) is 4.79 Å². The molecule has 2 unspecified atom stereocenters. The van der Waals surface area contributed by atoms with Gasteiger partial charge >= 0.3 is 0 Å². The molecule has 3 atom stereocenters. The van der Waals surface area contributed by atoms with Crippen LogP contribution in [0.3, 0.4) is 0 Å². The largest absolute Gasteiger partial charge is 0.353 e. The Morgan fingerprint density at radius 3 is 2.83 bits per heavy atom. The number of hydrogen-bond donors (Lipinski definition) is 2. The first kappa shape index (κ1) is 8.05. The highest BCUT2D eigenvalue weighted by atomic mass is 16.2. The van der Waals surface area contributed by atoms with Gasteiger partial charge in [-0.15, -0.1) is 0 Å².